The Labute approximate surface area is 59.1 Å². The summed E-state index contributed by atoms with van der Waals surface area (Å²) in [7, 11) is 1.47. The fourth-order valence-corrected chi connectivity index (χ4v) is 1.46. The van der Waals surface area contributed by atoms with Crippen LogP contribution in [0.5, 0.6) is 0 Å². The Hall–Kier alpha value is 0.180. The summed E-state index contributed by atoms with van der Waals surface area (Å²) in [6, 6.07) is 0. The monoisotopic (exact) mass is 152 g/mol. The summed E-state index contributed by atoms with van der Waals surface area (Å²) in [4.78, 5) is 0. The minimum atomic E-state index is -1.64. The lowest BCUT2D eigenvalue weighted by Gasteiger charge is -1.96. The number of ether oxygens (including phenoxy) is 1. The Kier molecular flexibility index (Phi) is 1.30. The smallest absolute Gasteiger partial charge is 0.217 e. The van der Waals surface area contributed by atoms with Crippen LogP contribution in [0.15, 0.2) is 0 Å². The molecule has 0 spiro atoms. The first-order valence-corrected chi connectivity index (χ1v) is 3.23. The lowest BCUT2D eigenvalue weighted by molar-refractivity contribution is 0.137. The average Bonchev–Trinajstić information content (AvgIpc) is 2.00. The number of hydrogen-bond acceptors (Lipinski definition) is 1. The fourth-order valence-electron chi connectivity index (χ4n) is 1.06. The maximum atomic E-state index is 12.9. The van der Waals surface area contributed by atoms with Crippen molar-refractivity contribution in [2.75, 3.05) is 7.11 Å². The first-order valence-electron chi connectivity index (χ1n) is 2.85. The van der Waals surface area contributed by atoms with Crippen LogP contribution in [0, 0.1) is 5.41 Å². The molecular weight excluding hydrogens is 143 g/mol. The predicted octanol–water partition coefficient (Wildman–Crippen LogP) is 1.95. The van der Waals surface area contributed by atoms with E-state index in [4.69, 9.17) is 16.3 Å². The number of halogens is 2. The highest BCUT2D eigenvalue weighted by molar-refractivity contribution is 6.26. The van der Waals surface area contributed by atoms with Crippen LogP contribution in [0.1, 0.15) is 13.8 Å². The third kappa shape index (κ3) is 0.696. The molecule has 3 heteroatoms. The van der Waals surface area contributed by atoms with Crippen LogP contribution in [0.25, 0.3) is 0 Å². The van der Waals surface area contributed by atoms with E-state index in [1.54, 1.807) is 13.8 Å². The van der Waals surface area contributed by atoms with Gasteiger partial charge in [-0.15, -0.1) is 0 Å². The van der Waals surface area contributed by atoms with E-state index >= 15 is 0 Å². The highest BCUT2D eigenvalue weighted by Crippen LogP contribution is 2.62. The summed E-state index contributed by atoms with van der Waals surface area (Å²) in [5, 5.41) is -1.64. The molecule has 54 valence electrons. The summed E-state index contributed by atoms with van der Waals surface area (Å²) in [5.41, 5.74) is -0.511. The van der Waals surface area contributed by atoms with Gasteiger partial charge in [0.2, 0.25) is 5.13 Å². The Morgan fingerprint density at radius 2 is 1.89 bits per heavy atom. The first kappa shape index (κ1) is 7.29. The third-order valence-corrected chi connectivity index (χ3v) is 2.68. The van der Waals surface area contributed by atoms with Crippen molar-refractivity contribution in [3.63, 3.8) is 0 Å². The average molecular weight is 153 g/mol. The fraction of sp³-hybridized carbons (Fsp3) is 1.00. The van der Waals surface area contributed by atoms with Crippen molar-refractivity contribution >= 4 is 11.6 Å². The number of hydrogen-bond donors (Lipinski definition) is 0. The van der Waals surface area contributed by atoms with E-state index in [0.717, 1.165) is 0 Å². The van der Waals surface area contributed by atoms with E-state index in [9.17, 15) is 4.39 Å². The SMILES string of the molecule is COC1C(C)(C)C1(F)Cl. The Morgan fingerprint density at radius 1 is 1.56 bits per heavy atom. The van der Waals surface area contributed by atoms with Gasteiger partial charge in [0, 0.05) is 12.5 Å². The van der Waals surface area contributed by atoms with Crippen molar-refractivity contribution in [2.45, 2.75) is 25.1 Å². The molecule has 0 aromatic heterocycles. The molecule has 2 atom stereocenters. The zero-order valence-electron chi connectivity index (χ0n) is 5.74. The second kappa shape index (κ2) is 1.61. The number of rotatable bonds is 1. The molecule has 1 rings (SSSR count). The van der Waals surface area contributed by atoms with Gasteiger partial charge in [0.05, 0.1) is 0 Å². The molecule has 1 aliphatic rings. The molecule has 2 unspecified atom stereocenters. The topological polar surface area (TPSA) is 9.23 Å². The second-order valence-corrected chi connectivity index (χ2v) is 3.51. The zero-order chi connectivity index (χ0) is 7.28. The lowest BCUT2D eigenvalue weighted by atomic mass is 10.2. The molecule has 0 radical (unpaired) electrons. The van der Waals surface area contributed by atoms with Crippen LogP contribution in [0.2, 0.25) is 0 Å². The van der Waals surface area contributed by atoms with E-state index < -0.39 is 16.6 Å². The largest absolute Gasteiger partial charge is 0.376 e. The van der Waals surface area contributed by atoms with Gasteiger partial charge in [0.25, 0.3) is 0 Å². The molecule has 0 aromatic carbocycles. The second-order valence-electron chi connectivity index (χ2n) is 2.96. The third-order valence-electron chi connectivity index (χ3n) is 2.00. The maximum Gasteiger partial charge on any atom is 0.217 e. The normalized spacial score (nSPS) is 47.0. The number of alkyl halides is 2. The molecule has 1 aliphatic carbocycles. The quantitative estimate of drug-likeness (QED) is 0.522. The summed E-state index contributed by atoms with van der Waals surface area (Å²) < 4.78 is 17.7. The van der Waals surface area contributed by atoms with E-state index in [0.29, 0.717) is 0 Å². The number of methoxy groups -OCH3 is 1. The van der Waals surface area contributed by atoms with Gasteiger partial charge < -0.3 is 4.74 Å². The van der Waals surface area contributed by atoms with E-state index in [1.807, 2.05) is 0 Å². The van der Waals surface area contributed by atoms with Crippen molar-refractivity contribution in [1.82, 2.24) is 0 Å². The Balaban J connectivity index is 2.66. The molecule has 1 saturated carbocycles. The zero-order valence-corrected chi connectivity index (χ0v) is 6.50. The summed E-state index contributed by atoms with van der Waals surface area (Å²) >= 11 is 5.41. The van der Waals surface area contributed by atoms with Crippen molar-refractivity contribution < 1.29 is 9.13 Å². The highest BCUT2D eigenvalue weighted by Gasteiger charge is 2.73. The minimum Gasteiger partial charge on any atom is -0.376 e. The van der Waals surface area contributed by atoms with Crippen molar-refractivity contribution in [1.29, 1.82) is 0 Å². The molecule has 0 saturated heterocycles. The molecule has 0 aliphatic heterocycles. The molecule has 1 nitrogen and oxygen atoms in total. The van der Waals surface area contributed by atoms with Crippen LogP contribution < -0.4 is 0 Å². The predicted molar refractivity (Wildman–Crippen MR) is 34.3 cm³/mol. The van der Waals surface area contributed by atoms with Gasteiger partial charge in [-0.2, -0.15) is 0 Å². The van der Waals surface area contributed by atoms with Gasteiger partial charge in [-0.3, -0.25) is 0 Å². The van der Waals surface area contributed by atoms with Gasteiger partial charge >= 0.3 is 0 Å². The molecule has 0 aromatic rings. The summed E-state index contributed by atoms with van der Waals surface area (Å²) in [5.74, 6) is 0. The van der Waals surface area contributed by atoms with Gasteiger partial charge in [0.15, 0.2) is 0 Å². The van der Waals surface area contributed by atoms with Gasteiger partial charge in [0.1, 0.15) is 6.10 Å². The standard InChI is InChI=1S/C6H10ClFO/c1-5(2)4(9-3)6(5,7)8/h4H,1-3H3. The van der Waals surface area contributed by atoms with Crippen LogP contribution in [0.4, 0.5) is 4.39 Å². The first-order chi connectivity index (χ1) is 3.94. The molecular formula is C6H10ClFO. The van der Waals surface area contributed by atoms with Crippen LogP contribution in [0.3, 0.4) is 0 Å². The van der Waals surface area contributed by atoms with E-state index in [1.165, 1.54) is 7.11 Å². The van der Waals surface area contributed by atoms with Crippen molar-refractivity contribution in [3.05, 3.63) is 0 Å². The van der Waals surface area contributed by atoms with Crippen LogP contribution in [-0.2, 0) is 4.74 Å². The Bertz CT molecular complexity index is 119. The molecule has 0 heterocycles. The molecule has 9 heavy (non-hydrogen) atoms. The van der Waals surface area contributed by atoms with Gasteiger partial charge in [-0.1, -0.05) is 25.4 Å². The summed E-state index contributed by atoms with van der Waals surface area (Å²) in [6.07, 6.45) is -0.438. The Morgan fingerprint density at radius 3 is 1.89 bits per heavy atom. The van der Waals surface area contributed by atoms with E-state index in [2.05, 4.69) is 0 Å². The van der Waals surface area contributed by atoms with Gasteiger partial charge in [-0.25, -0.2) is 4.39 Å². The van der Waals surface area contributed by atoms with Crippen LogP contribution in [-0.4, -0.2) is 18.3 Å². The van der Waals surface area contributed by atoms with Gasteiger partial charge in [-0.05, 0) is 0 Å². The molecule has 0 bridgehead atoms. The molecule has 0 amide bonds. The molecule has 0 N–H and O–H groups in total. The highest BCUT2D eigenvalue weighted by atomic mass is 35.5. The molecule has 1 fully saturated rings. The van der Waals surface area contributed by atoms with Crippen molar-refractivity contribution in [3.8, 4) is 0 Å². The van der Waals surface area contributed by atoms with Crippen molar-refractivity contribution in [2.24, 2.45) is 5.41 Å². The van der Waals surface area contributed by atoms with Crippen LogP contribution >= 0.6 is 11.6 Å². The summed E-state index contributed by atoms with van der Waals surface area (Å²) in [6.45, 7) is 3.49. The lowest BCUT2D eigenvalue weighted by Crippen LogP contribution is -1.98. The van der Waals surface area contributed by atoms with E-state index in [-0.39, 0.29) is 0 Å². The minimum absolute atomic E-state index is 0.438. The maximum absolute atomic E-state index is 12.9.